The van der Waals surface area contributed by atoms with Gasteiger partial charge in [0.15, 0.2) is 0 Å². The third kappa shape index (κ3) is 3.19. The fraction of sp³-hybridized carbons (Fsp3) is 0.133. The Balaban J connectivity index is 2.72. The van der Waals surface area contributed by atoms with Crippen LogP contribution in [0.2, 0.25) is 0 Å². The molecule has 0 saturated carbocycles. The van der Waals surface area contributed by atoms with E-state index in [0.717, 1.165) is 24.3 Å². The van der Waals surface area contributed by atoms with E-state index in [4.69, 9.17) is 9.84 Å². The van der Waals surface area contributed by atoms with Gasteiger partial charge < -0.3 is 9.84 Å². The number of benzene rings is 2. The van der Waals surface area contributed by atoms with Crippen LogP contribution in [0.25, 0.3) is 11.1 Å². The zero-order chi connectivity index (χ0) is 16.5. The summed E-state index contributed by atoms with van der Waals surface area (Å²) in [6.45, 7) is 0. The second-order valence-electron chi connectivity index (χ2n) is 4.45. The van der Waals surface area contributed by atoms with E-state index >= 15 is 0 Å². The minimum atomic E-state index is -4.72. The Bertz CT molecular complexity index is 723. The number of rotatable bonds is 3. The van der Waals surface area contributed by atoms with Gasteiger partial charge in [-0.2, -0.15) is 13.2 Å². The van der Waals surface area contributed by atoms with Crippen LogP contribution >= 0.6 is 0 Å². The molecule has 0 heterocycles. The van der Waals surface area contributed by atoms with Crippen molar-refractivity contribution in [1.82, 2.24) is 0 Å². The number of halogens is 4. The summed E-state index contributed by atoms with van der Waals surface area (Å²) in [5.74, 6) is -2.05. The first kappa shape index (κ1) is 15.8. The van der Waals surface area contributed by atoms with Crippen molar-refractivity contribution in [1.29, 1.82) is 0 Å². The summed E-state index contributed by atoms with van der Waals surface area (Å²) < 4.78 is 57.0. The smallest absolute Gasteiger partial charge is 0.416 e. The molecule has 2 aromatic carbocycles. The average Bonchev–Trinajstić information content (AvgIpc) is 2.45. The molecule has 7 heteroatoms. The molecule has 1 N–H and O–H groups in total. The summed E-state index contributed by atoms with van der Waals surface area (Å²) >= 11 is 0. The second kappa shape index (κ2) is 5.67. The first-order valence-electron chi connectivity index (χ1n) is 6.02. The molecule has 116 valence electrons. The highest BCUT2D eigenvalue weighted by Crippen LogP contribution is 2.36. The Hall–Kier alpha value is -2.57. The Labute approximate surface area is 122 Å². The molecule has 0 radical (unpaired) electrons. The molecule has 0 amide bonds. The number of carboxylic acid groups (broad SMARTS) is 1. The molecule has 0 aliphatic rings. The molecule has 0 aliphatic heterocycles. The Kier molecular flexibility index (Phi) is 4.07. The fourth-order valence-corrected chi connectivity index (χ4v) is 1.98. The van der Waals surface area contributed by atoms with E-state index in [1.165, 1.54) is 13.2 Å². The molecule has 2 aromatic rings. The third-order valence-corrected chi connectivity index (χ3v) is 2.98. The summed E-state index contributed by atoms with van der Waals surface area (Å²) in [5, 5.41) is 8.95. The van der Waals surface area contributed by atoms with Crippen LogP contribution in [0, 0.1) is 5.82 Å². The quantitative estimate of drug-likeness (QED) is 0.863. The van der Waals surface area contributed by atoms with Crippen molar-refractivity contribution in [2.24, 2.45) is 0 Å². The summed E-state index contributed by atoms with van der Waals surface area (Å²) in [7, 11) is 1.28. The number of methoxy groups -OCH3 is 1. The van der Waals surface area contributed by atoms with E-state index in [1.807, 2.05) is 0 Å². The van der Waals surface area contributed by atoms with Crippen LogP contribution in [0.5, 0.6) is 5.75 Å². The van der Waals surface area contributed by atoms with Gasteiger partial charge >= 0.3 is 12.1 Å². The molecule has 0 atom stereocenters. The van der Waals surface area contributed by atoms with Crippen LogP contribution in [0.4, 0.5) is 17.6 Å². The number of hydrogen-bond donors (Lipinski definition) is 1. The summed E-state index contributed by atoms with van der Waals surface area (Å²) in [4.78, 5) is 11.0. The van der Waals surface area contributed by atoms with Crippen molar-refractivity contribution < 1.29 is 32.2 Å². The zero-order valence-electron chi connectivity index (χ0n) is 11.2. The van der Waals surface area contributed by atoms with Gasteiger partial charge in [-0.05, 0) is 42.0 Å². The van der Waals surface area contributed by atoms with E-state index < -0.39 is 29.1 Å². The van der Waals surface area contributed by atoms with Crippen LogP contribution in [0.1, 0.15) is 15.9 Å². The summed E-state index contributed by atoms with van der Waals surface area (Å²) in [6.07, 6.45) is -4.72. The van der Waals surface area contributed by atoms with E-state index in [1.54, 1.807) is 0 Å². The first-order chi connectivity index (χ1) is 10.2. The van der Waals surface area contributed by atoms with Crippen molar-refractivity contribution >= 4 is 5.97 Å². The Morgan fingerprint density at radius 1 is 1.14 bits per heavy atom. The van der Waals surface area contributed by atoms with E-state index in [9.17, 15) is 22.4 Å². The minimum absolute atomic E-state index is 0.0381. The molecule has 0 aromatic heterocycles. The molecule has 3 nitrogen and oxygen atoms in total. The monoisotopic (exact) mass is 314 g/mol. The van der Waals surface area contributed by atoms with Gasteiger partial charge in [0.05, 0.1) is 18.2 Å². The molecular formula is C15H10F4O3. The predicted octanol–water partition coefficient (Wildman–Crippen LogP) is 4.22. The highest BCUT2D eigenvalue weighted by Gasteiger charge is 2.32. The van der Waals surface area contributed by atoms with Gasteiger partial charge in [0.25, 0.3) is 0 Å². The van der Waals surface area contributed by atoms with Crippen molar-refractivity contribution in [2.75, 3.05) is 7.11 Å². The van der Waals surface area contributed by atoms with Crippen molar-refractivity contribution in [3.05, 3.63) is 53.3 Å². The standard InChI is InChI=1S/C15H10F4O3/c1-22-13-3-2-11(16)7-12(13)8-4-9(14(20)21)6-10(5-8)15(17,18)19/h2-7H,1H3,(H,20,21). The lowest BCUT2D eigenvalue weighted by molar-refractivity contribution is -0.137. The highest BCUT2D eigenvalue weighted by molar-refractivity contribution is 5.90. The van der Waals surface area contributed by atoms with Crippen LogP contribution in [-0.2, 0) is 6.18 Å². The predicted molar refractivity (Wildman–Crippen MR) is 70.3 cm³/mol. The number of hydrogen-bond acceptors (Lipinski definition) is 2. The molecule has 2 rings (SSSR count). The van der Waals surface area contributed by atoms with Gasteiger partial charge in [0.2, 0.25) is 0 Å². The van der Waals surface area contributed by atoms with Crippen LogP contribution in [0.15, 0.2) is 36.4 Å². The fourth-order valence-electron chi connectivity index (χ4n) is 1.98. The molecule has 0 aliphatic carbocycles. The summed E-state index contributed by atoms with van der Waals surface area (Å²) in [5.41, 5.74) is -1.73. The highest BCUT2D eigenvalue weighted by atomic mass is 19.4. The molecule has 0 bridgehead atoms. The van der Waals surface area contributed by atoms with Gasteiger partial charge in [-0.1, -0.05) is 0 Å². The topological polar surface area (TPSA) is 46.5 Å². The van der Waals surface area contributed by atoms with E-state index in [2.05, 4.69) is 0 Å². The second-order valence-corrected chi connectivity index (χ2v) is 4.45. The molecule has 0 unspecified atom stereocenters. The number of aromatic carboxylic acids is 1. The number of carboxylic acids is 1. The van der Waals surface area contributed by atoms with Crippen LogP contribution in [0.3, 0.4) is 0 Å². The lowest BCUT2D eigenvalue weighted by Gasteiger charge is -2.13. The van der Waals surface area contributed by atoms with Crippen LogP contribution < -0.4 is 4.74 Å². The van der Waals surface area contributed by atoms with Gasteiger partial charge in [-0.25, -0.2) is 9.18 Å². The van der Waals surface area contributed by atoms with Crippen molar-refractivity contribution in [3.8, 4) is 16.9 Å². The number of alkyl halides is 3. The zero-order valence-corrected chi connectivity index (χ0v) is 11.2. The lowest BCUT2D eigenvalue weighted by atomic mass is 9.98. The summed E-state index contributed by atoms with van der Waals surface area (Å²) in [6, 6.07) is 5.65. The molecule has 0 spiro atoms. The van der Waals surface area contributed by atoms with E-state index in [-0.39, 0.29) is 16.9 Å². The van der Waals surface area contributed by atoms with Crippen molar-refractivity contribution in [2.45, 2.75) is 6.18 Å². The number of ether oxygens (including phenoxy) is 1. The first-order valence-corrected chi connectivity index (χ1v) is 6.02. The maximum Gasteiger partial charge on any atom is 0.416 e. The van der Waals surface area contributed by atoms with E-state index in [0.29, 0.717) is 6.07 Å². The normalized spacial score (nSPS) is 11.3. The largest absolute Gasteiger partial charge is 0.496 e. The van der Waals surface area contributed by atoms with Gasteiger partial charge in [0, 0.05) is 5.56 Å². The van der Waals surface area contributed by atoms with Crippen molar-refractivity contribution in [3.63, 3.8) is 0 Å². The minimum Gasteiger partial charge on any atom is -0.496 e. The Morgan fingerprint density at radius 2 is 1.82 bits per heavy atom. The maximum atomic E-state index is 13.4. The molecule has 0 saturated heterocycles. The average molecular weight is 314 g/mol. The molecule has 22 heavy (non-hydrogen) atoms. The van der Waals surface area contributed by atoms with Gasteiger partial charge in [-0.15, -0.1) is 0 Å². The Morgan fingerprint density at radius 3 is 2.36 bits per heavy atom. The lowest BCUT2D eigenvalue weighted by Crippen LogP contribution is -2.08. The molecular weight excluding hydrogens is 304 g/mol. The SMILES string of the molecule is COc1ccc(F)cc1-c1cc(C(=O)O)cc(C(F)(F)F)c1. The maximum absolute atomic E-state index is 13.4. The van der Waals surface area contributed by atoms with Gasteiger partial charge in [0.1, 0.15) is 11.6 Å². The third-order valence-electron chi connectivity index (χ3n) is 2.98. The van der Waals surface area contributed by atoms with Gasteiger partial charge in [-0.3, -0.25) is 0 Å². The molecule has 0 fully saturated rings. The number of carbonyl (C=O) groups is 1. The van der Waals surface area contributed by atoms with Crippen LogP contribution in [-0.4, -0.2) is 18.2 Å².